The summed E-state index contributed by atoms with van der Waals surface area (Å²) < 4.78 is 10.6. The molecule has 1 aliphatic rings. The number of nitrogens with one attached hydrogen (secondary N) is 1. The fourth-order valence-corrected chi connectivity index (χ4v) is 3.17. The Morgan fingerprint density at radius 1 is 1.18 bits per heavy atom. The number of benzene rings is 2. The maximum Gasteiger partial charge on any atom is 0.325 e. The van der Waals surface area contributed by atoms with Gasteiger partial charge in [0, 0.05) is 23.8 Å². The van der Waals surface area contributed by atoms with Crippen LogP contribution in [0.4, 0.5) is 16.2 Å². The monoisotopic (exact) mass is 403 g/mol. The van der Waals surface area contributed by atoms with Gasteiger partial charge in [-0.2, -0.15) is 0 Å². The first-order valence-corrected chi connectivity index (χ1v) is 9.32. The van der Waals surface area contributed by atoms with Gasteiger partial charge in [-0.15, -0.1) is 0 Å². The van der Waals surface area contributed by atoms with Crippen LogP contribution in [0.25, 0.3) is 0 Å². The molecule has 0 radical (unpaired) electrons. The molecule has 3 amide bonds. The molecule has 0 aliphatic carbocycles. The summed E-state index contributed by atoms with van der Waals surface area (Å²) in [5, 5.41) is 3.23. The first-order chi connectivity index (χ1) is 13.5. The zero-order valence-corrected chi connectivity index (χ0v) is 16.5. The van der Waals surface area contributed by atoms with Crippen LogP contribution in [0.2, 0.25) is 5.02 Å². The highest BCUT2D eigenvalue weighted by Crippen LogP contribution is 2.28. The van der Waals surface area contributed by atoms with Crippen molar-refractivity contribution in [3.8, 4) is 11.5 Å². The van der Waals surface area contributed by atoms with Crippen molar-refractivity contribution in [1.82, 2.24) is 4.90 Å². The van der Waals surface area contributed by atoms with Crippen molar-refractivity contribution >= 4 is 34.9 Å². The van der Waals surface area contributed by atoms with Gasteiger partial charge in [-0.1, -0.05) is 11.6 Å². The zero-order chi connectivity index (χ0) is 20.1. The topological polar surface area (TPSA) is 71.1 Å². The number of rotatable bonds is 7. The molecule has 1 N–H and O–H groups in total. The molecule has 1 heterocycles. The van der Waals surface area contributed by atoms with Gasteiger partial charge >= 0.3 is 6.03 Å². The molecule has 1 fully saturated rings. The van der Waals surface area contributed by atoms with E-state index in [9.17, 15) is 9.59 Å². The second-order valence-electron chi connectivity index (χ2n) is 6.18. The normalized spacial score (nSPS) is 13.6. The number of halogens is 1. The number of amides is 3. The number of nitrogens with zero attached hydrogens (tertiary/aromatic N) is 2. The van der Waals surface area contributed by atoms with Gasteiger partial charge in [-0.3, -0.25) is 9.69 Å². The predicted octanol–water partition coefficient (Wildman–Crippen LogP) is 3.63. The van der Waals surface area contributed by atoms with Crippen LogP contribution in [0.15, 0.2) is 42.5 Å². The molecule has 2 aromatic carbocycles. The summed E-state index contributed by atoms with van der Waals surface area (Å²) in [6.45, 7) is 3.43. The van der Waals surface area contributed by atoms with Gasteiger partial charge in [0.2, 0.25) is 5.91 Å². The van der Waals surface area contributed by atoms with E-state index in [2.05, 4.69) is 5.32 Å². The zero-order valence-electron chi connectivity index (χ0n) is 15.8. The minimum absolute atomic E-state index is 0.0535. The van der Waals surface area contributed by atoms with Crippen LogP contribution in [0.1, 0.15) is 6.92 Å². The molecule has 0 spiro atoms. The fourth-order valence-electron chi connectivity index (χ4n) is 3.00. The van der Waals surface area contributed by atoms with Crippen LogP contribution >= 0.6 is 11.6 Å². The number of ether oxygens (including phenoxy) is 2. The third-order valence-corrected chi connectivity index (χ3v) is 4.56. The van der Waals surface area contributed by atoms with Crippen LogP contribution < -0.4 is 19.7 Å². The molecule has 1 saturated heterocycles. The molecule has 0 atom stereocenters. The van der Waals surface area contributed by atoms with Crippen molar-refractivity contribution in [2.75, 3.05) is 43.6 Å². The molecule has 1 aliphatic heterocycles. The molecule has 0 aromatic heterocycles. The Hall–Kier alpha value is -2.93. The number of urea groups is 1. The quantitative estimate of drug-likeness (QED) is 0.766. The first kappa shape index (κ1) is 19.8. The number of hydrogen-bond donors (Lipinski definition) is 1. The SMILES string of the molecule is CCOc1ccc(N2CCN(CC(=O)Nc3cc(Cl)ccc3OC)C2=O)cc1. The first-order valence-electron chi connectivity index (χ1n) is 8.94. The van der Waals surface area contributed by atoms with Gasteiger partial charge in [-0.05, 0) is 49.4 Å². The van der Waals surface area contributed by atoms with Crippen molar-refractivity contribution in [2.24, 2.45) is 0 Å². The van der Waals surface area contributed by atoms with E-state index in [1.165, 1.54) is 12.0 Å². The summed E-state index contributed by atoms with van der Waals surface area (Å²) in [4.78, 5) is 28.2. The Morgan fingerprint density at radius 3 is 2.61 bits per heavy atom. The van der Waals surface area contributed by atoms with Crippen molar-refractivity contribution in [3.63, 3.8) is 0 Å². The smallest absolute Gasteiger partial charge is 0.325 e. The molecule has 8 heteroatoms. The lowest BCUT2D eigenvalue weighted by atomic mass is 10.3. The average molecular weight is 404 g/mol. The van der Waals surface area contributed by atoms with Gasteiger partial charge in [-0.25, -0.2) is 4.79 Å². The molecule has 2 aromatic rings. The number of hydrogen-bond acceptors (Lipinski definition) is 4. The van der Waals surface area contributed by atoms with E-state index in [0.717, 1.165) is 11.4 Å². The van der Waals surface area contributed by atoms with Gasteiger partial charge in [0.25, 0.3) is 0 Å². The Labute approximate surface area is 168 Å². The van der Waals surface area contributed by atoms with E-state index in [0.29, 0.717) is 36.2 Å². The number of carbonyl (C=O) groups is 2. The molecule has 0 saturated carbocycles. The van der Waals surface area contributed by atoms with E-state index in [-0.39, 0.29) is 18.5 Å². The summed E-state index contributed by atoms with van der Waals surface area (Å²) in [5.41, 5.74) is 1.24. The molecular formula is C20H22ClN3O4. The predicted molar refractivity (Wildman–Crippen MR) is 109 cm³/mol. The van der Waals surface area contributed by atoms with E-state index < -0.39 is 0 Å². The number of carbonyl (C=O) groups excluding carboxylic acids is 2. The molecular weight excluding hydrogens is 382 g/mol. The summed E-state index contributed by atoms with van der Waals surface area (Å²) in [7, 11) is 1.51. The Bertz CT molecular complexity index is 857. The largest absolute Gasteiger partial charge is 0.495 e. The van der Waals surface area contributed by atoms with Crippen LogP contribution in [-0.2, 0) is 4.79 Å². The van der Waals surface area contributed by atoms with Crippen molar-refractivity contribution < 1.29 is 19.1 Å². The minimum atomic E-state index is -0.317. The summed E-state index contributed by atoms with van der Waals surface area (Å²) in [6.07, 6.45) is 0. The van der Waals surface area contributed by atoms with Gasteiger partial charge in [0.05, 0.1) is 19.4 Å². The highest BCUT2D eigenvalue weighted by molar-refractivity contribution is 6.31. The van der Waals surface area contributed by atoms with E-state index in [1.54, 1.807) is 23.1 Å². The standard InChI is InChI=1S/C20H22ClN3O4/c1-3-28-16-7-5-15(6-8-16)24-11-10-23(20(24)26)13-19(25)22-17-12-14(21)4-9-18(17)27-2/h4-9,12H,3,10-11,13H2,1-2H3,(H,22,25). The second-order valence-corrected chi connectivity index (χ2v) is 6.61. The third kappa shape index (κ3) is 4.48. The van der Waals surface area contributed by atoms with Crippen molar-refractivity contribution in [2.45, 2.75) is 6.92 Å². The van der Waals surface area contributed by atoms with Crippen molar-refractivity contribution in [3.05, 3.63) is 47.5 Å². The Morgan fingerprint density at radius 2 is 1.93 bits per heavy atom. The third-order valence-electron chi connectivity index (χ3n) is 4.32. The van der Waals surface area contributed by atoms with Gasteiger partial charge in [0.15, 0.2) is 0 Å². The number of anilines is 2. The van der Waals surface area contributed by atoms with E-state index in [4.69, 9.17) is 21.1 Å². The van der Waals surface area contributed by atoms with E-state index in [1.807, 2.05) is 31.2 Å². The molecule has 0 bridgehead atoms. The molecule has 148 valence electrons. The van der Waals surface area contributed by atoms with Crippen LogP contribution in [-0.4, -0.2) is 50.2 Å². The minimum Gasteiger partial charge on any atom is -0.495 e. The lowest BCUT2D eigenvalue weighted by Gasteiger charge is -2.19. The molecule has 7 nitrogen and oxygen atoms in total. The second kappa shape index (κ2) is 8.84. The number of methoxy groups -OCH3 is 1. The Balaban J connectivity index is 1.62. The highest BCUT2D eigenvalue weighted by Gasteiger charge is 2.31. The average Bonchev–Trinajstić information content (AvgIpc) is 3.03. The van der Waals surface area contributed by atoms with Crippen LogP contribution in [0.5, 0.6) is 11.5 Å². The van der Waals surface area contributed by atoms with Gasteiger partial charge in [0.1, 0.15) is 18.0 Å². The maximum absolute atomic E-state index is 12.7. The lowest BCUT2D eigenvalue weighted by Crippen LogP contribution is -2.37. The van der Waals surface area contributed by atoms with Crippen LogP contribution in [0.3, 0.4) is 0 Å². The summed E-state index contributed by atoms with van der Waals surface area (Å²) in [6, 6.07) is 12.1. The van der Waals surface area contributed by atoms with E-state index >= 15 is 0 Å². The summed E-state index contributed by atoms with van der Waals surface area (Å²) in [5.74, 6) is 0.938. The van der Waals surface area contributed by atoms with Crippen molar-refractivity contribution in [1.29, 1.82) is 0 Å². The molecule has 0 unspecified atom stereocenters. The summed E-state index contributed by atoms with van der Waals surface area (Å²) >= 11 is 5.98. The maximum atomic E-state index is 12.7. The fraction of sp³-hybridized carbons (Fsp3) is 0.300. The van der Waals surface area contributed by atoms with Crippen LogP contribution in [0, 0.1) is 0 Å². The molecule has 28 heavy (non-hydrogen) atoms. The Kier molecular flexibility index (Phi) is 6.26. The van der Waals surface area contributed by atoms with Gasteiger partial charge < -0.3 is 19.7 Å². The lowest BCUT2D eigenvalue weighted by molar-refractivity contribution is -0.116. The highest BCUT2D eigenvalue weighted by atomic mass is 35.5. The molecule has 3 rings (SSSR count).